The fourth-order valence-electron chi connectivity index (χ4n) is 3.77. The lowest BCUT2D eigenvalue weighted by atomic mass is 9.70. The standard InChI is InChI=1S/C17H13NO4/c19-16-17(10-3-1-2-4-12(10)18-16)9-22-13-8-15-14(7-11(13)17)20-5-6-21-15/h1-2,4-8,10H,3,9H2,(H,18,19). The maximum Gasteiger partial charge on any atom is 0.239 e. The van der Waals surface area contributed by atoms with Gasteiger partial charge in [0.15, 0.2) is 11.5 Å². The Hall–Kier alpha value is -2.69. The Morgan fingerprint density at radius 1 is 1.14 bits per heavy atom. The van der Waals surface area contributed by atoms with Crippen molar-refractivity contribution in [1.82, 2.24) is 5.32 Å². The molecule has 4 aliphatic rings. The third kappa shape index (κ3) is 1.31. The average Bonchev–Trinajstić information content (AvgIpc) is 3.06. The fourth-order valence-corrected chi connectivity index (χ4v) is 3.77. The SMILES string of the molecule is O=C1NC2=CC=CCC2C12COc1cc3c(cc12)OC=CO3. The van der Waals surface area contributed by atoms with Crippen molar-refractivity contribution in [3.8, 4) is 17.2 Å². The zero-order valence-electron chi connectivity index (χ0n) is 11.7. The highest BCUT2D eigenvalue weighted by atomic mass is 16.5. The summed E-state index contributed by atoms with van der Waals surface area (Å²) in [6.45, 7) is 0.348. The number of hydrogen-bond acceptors (Lipinski definition) is 4. The van der Waals surface area contributed by atoms with E-state index in [1.54, 1.807) is 6.07 Å². The Morgan fingerprint density at radius 2 is 1.95 bits per heavy atom. The van der Waals surface area contributed by atoms with Gasteiger partial charge in [-0.05, 0) is 18.6 Å². The van der Waals surface area contributed by atoms with Crippen LogP contribution in [-0.4, -0.2) is 12.5 Å². The van der Waals surface area contributed by atoms with Crippen molar-refractivity contribution in [3.63, 3.8) is 0 Å². The molecule has 5 nitrogen and oxygen atoms in total. The highest BCUT2D eigenvalue weighted by Crippen LogP contribution is 2.54. The van der Waals surface area contributed by atoms with E-state index in [4.69, 9.17) is 14.2 Å². The number of rotatable bonds is 0. The number of carbonyl (C=O) groups excluding carboxylic acids is 1. The molecule has 5 heteroatoms. The van der Waals surface area contributed by atoms with Gasteiger partial charge in [-0.25, -0.2) is 0 Å². The van der Waals surface area contributed by atoms with Gasteiger partial charge in [0, 0.05) is 23.2 Å². The normalized spacial score (nSPS) is 29.7. The number of amides is 1. The molecule has 1 aromatic rings. The second-order valence-corrected chi connectivity index (χ2v) is 5.86. The molecule has 110 valence electrons. The molecule has 2 unspecified atom stereocenters. The lowest BCUT2D eigenvalue weighted by Crippen LogP contribution is -2.41. The molecule has 1 fully saturated rings. The number of ether oxygens (including phenoxy) is 3. The van der Waals surface area contributed by atoms with Crippen LogP contribution < -0.4 is 19.5 Å². The molecule has 5 rings (SSSR count). The molecule has 3 aliphatic heterocycles. The topological polar surface area (TPSA) is 56.8 Å². The van der Waals surface area contributed by atoms with E-state index in [9.17, 15) is 4.79 Å². The van der Waals surface area contributed by atoms with E-state index < -0.39 is 5.41 Å². The van der Waals surface area contributed by atoms with Gasteiger partial charge in [0.05, 0.1) is 0 Å². The van der Waals surface area contributed by atoms with Crippen LogP contribution in [-0.2, 0) is 10.2 Å². The van der Waals surface area contributed by atoms with Gasteiger partial charge in [0.2, 0.25) is 5.91 Å². The summed E-state index contributed by atoms with van der Waals surface area (Å²) in [6.07, 6.45) is 9.84. The number of hydrogen-bond donors (Lipinski definition) is 1. The van der Waals surface area contributed by atoms with E-state index in [1.165, 1.54) is 12.5 Å². The molecular weight excluding hydrogens is 282 g/mol. The summed E-state index contributed by atoms with van der Waals surface area (Å²) in [6, 6.07) is 3.68. The van der Waals surface area contributed by atoms with E-state index in [0.717, 1.165) is 17.7 Å². The molecule has 0 radical (unpaired) electrons. The van der Waals surface area contributed by atoms with Gasteiger partial charge in [-0.3, -0.25) is 4.79 Å². The first-order chi connectivity index (χ1) is 10.8. The van der Waals surface area contributed by atoms with Crippen LogP contribution in [0.3, 0.4) is 0 Å². The first kappa shape index (κ1) is 11.9. The molecule has 22 heavy (non-hydrogen) atoms. The largest absolute Gasteiger partial charge is 0.492 e. The maximum atomic E-state index is 12.7. The number of nitrogens with one attached hydrogen (secondary N) is 1. The highest BCUT2D eigenvalue weighted by Gasteiger charge is 2.58. The third-order valence-corrected chi connectivity index (χ3v) is 4.84. The Bertz CT molecular complexity index is 792. The van der Waals surface area contributed by atoms with Crippen LogP contribution >= 0.6 is 0 Å². The van der Waals surface area contributed by atoms with Crippen molar-refractivity contribution in [1.29, 1.82) is 0 Å². The average molecular weight is 295 g/mol. The van der Waals surface area contributed by atoms with Crippen molar-refractivity contribution in [2.45, 2.75) is 11.8 Å². The molecule has 0 saturated carbocycles. The van der Waals surface area contributed by atoms with E-state index in [2.05, 4.69) is 11.4 Å². The zero-order valence-corrected chi connectivity index (χ0v) is 11.7. The van der Waals surface area contributed by atoms with Gasteiger partial charge < -0.3 is 19.5 Å². The van der Waals surface area contributed by atoms with E-state index in [1.807, 2.05) is 18.2 Å². The second kappa shape index (κ2) is 3.94. The predicted molar refractivity (Wildman–Crippen MR) is 77.5 cm³/mol. The second-order valence-electron chi connectivity index (χ2n) is 5.86. The smallest absolute Gasteiger partial charge is 0.239 e. The van der Waals surface area contributed by atoms with Crippen LogP contribution in [0.15, 0.2) is 48.6 Å². The molecule has 1 aliphatic carbocycles. The minimum absolute atomic E-state index is 0.00146. The van der Waals surface area contributed by atoms with Crippen molar-refractivity contribution in [2.75, 3.05) is 6.61 Å². The molecule has 1 N–H and O–H groups in total. The van der Waals surface area contributed by atoms with Crippen LogP contribution in [0, 0.1) is 5.92 Å². The summed E-state index contributed by atoms with van der Waals surface area (Å²) < 4.78 is 16.8. The summed E-state index contributed by atoms with van der Waals surface area (Å²) in [4.78, 5) is 12.7. The Labute approximate surface area is 126 Å². The van der Waals surface area contributed by atoms with Gasteiger partial charge in [0.25, 0.3) is 0 Å². The molecular formula is C17H13NO4. The van der Waals surface area contributed by atoms with Crippen molar-refractivity contribution < 1.29 is 19.0 Å². The van der Waals surface area contributed by atoms with Crippen LogP contribution in [0.1, 0.15) is 12.0 Å². The molecule has 1 amide bonds. The Kier molecular flexibility index (Phi) is 2.13. The summed E-state index contributed by atoms with van der Waals surface area (Å²) in [5.41, 5.74) is 1.18. The van der Waals surface area contributed by atoms with Gasteiger partial charge in [-0.2, -0.15) is 0 Å². The molecule has 1 aromatic carbocycles. The number of carbonyl (C=O) groups is 1. The van der Waals surface area contributed by atoms with Gasteiger partial charge in [-0.1, -0.05) is 12.2 Å². The maximum absolute atomic E-state index is 12.7. The summed E-state index contributed by atoms with van der Waals surface area (Å²) in [5.74, 6) is 2.00. The van der Waals surface area contributed by atoms with Crippen LogP contribution in [0.4, 0.5) is 0 Å². The van der Waals surface area contributed by atoms with E-state index in [-0.39, 0.29) is 11.8 Å². The van der Waals surface area contributed by atoms with Crippen molar-refractivity contribution in [3.05, 3.63) is 54.1 Å². The van der Waals surface area contributed by atoms with Crippen LogP contribution in [0.2, 0.25) is 0 Å². The van der Waals surface area contributed by atoms with Crippen LogP contribution in [0.25, 0.3) is 0 Å². The fraction of sp³-hybridized carbons (Fsp3) is 0.235. The van der Waals surface area contributed by atoms with Gasteiger partial charge >= 0.3 is 0 Å². The lowest BCUT2D eigenvalue weighted by Gasteiger charge is -2.27. The first-order valence-electron chi connectivity index (χ1n) is 7.27. The van der Waals surface area contributed by atoms with Gasteiger partial charge in [0.1, 0.15) is 30.3 Å². The van der Waals surface area contributed by atoms with Gasteiger partial charge in [-0.15, -0.1) is 0 Å². The number of allylic oxidation sites excluding steroid dienone is 4. The van der Waals surface area contributed by atoms with Crippen molar-refractivity contribution >= 4 is 5.91 Å². The third-order valence-electron chi connectivity index (χ3n) is 4.84. The molecule has 1 saturated heterocycles. The molecule has 1 spiro atoms. The summed E-state index contributed by atoms with van der Waals surface area (Å²) in [7, 11) is 0. The molecule has 0 bridgehead atoms. The number of benzene rings is 1. The molecule has 2 atom stereocenters. The molecule has 3 heterocycles. The summed E-state index contributed by atoms with van der Waals surface area (Å²) >= 11 is 0. The van der Waals surface area contributed by atoms with E-state index in [0.29, 0.717) is 23.9 Å². The minimum atomic E-state index is -0.675. The summed E-state index contributed by atoms with van der Waals surface area (Å²) in [5, 5.41) is 3.01. The quantitative estimate of drug-likeness (QED) is 0.797. The van der Waals surface area contributed by atoms with E-state index >= 15 is 0 Å². The first-order valence-corrected chi connectivity index (χ1v) is 7.27. The minimum Gasteiger partial charge on any atom is -0.492 e. The monoisotopic (exact) mass is 295 g/mol. The predicted octanol–water partition coefficient (Wildman–Crippen LogP) is 2.15. The zero-order chi connectivity index (χ0) is 14.7. The Morgan fingerprint density at radius 3 is 2.82 bits per heavy atom. The Balaban J connectivity index is 1.69. The van der Waals surface area contributed by atoms with Crippen LogP contribution in [0.5, 0.6) is 17.2 Å². The van der Waals surface area contributed by atoms with Crippen molar-refractivity contribution in [2.24, 2.45) is 5.92 Å². The number of fused-ring (bicyclic) bond motifs is 5. The lowest BCUT2D eigenvalue weighted by molar-refractivity contribution is -0.125. The highest BCUT2D eigenvalue weighted by molar-refractivity contribution is 5.96. The molecule has 0 aromatic heterocycles.